The molecule has 0 fully saturated rings. The first-order chi connectivity index (χ1) is 10.1. The normalized spacial score (nSPS) is 11.5. The van der Waals surface area contributed by atoms with Crippen LogP contribution in [-0.2, 0) is 12.8 Å². The molecular weight excluding hydrogens is 258 g/mol. The molecule has 2 N–H and O–H groups in total. The molecule has 0 aliphatic heterocycles. The number of nitrogen functional groups attached to an aromatic ring is 1. The predicted molar refractivity (Wildman–Crippen MR) is 92.7 cm³/mol. The lowest BCUT2D eigenvalue weighted by molar-refractivity contribution is 0.571. The van der Waals surface area contributed by atoms with E-state index in [1.54, 1.807) is 0 Å². The number of nitrogens with zero attached hydrogens (tertiary/aromatic N) is 2. The fourth-order valence-corrected chi connectivity index (χ4v) is 2.95. The van der Waals surface area contributed by atoms with Gasteiger partial charge in [-0.25, -0.2) is 4.98 Å². The first-order valence-corrected chi connectivity index (χ1v) is 8.97. The SMILES string of the molecule is CCCCCCCCCc1nc(CCC)n(C(C)C)c1N. The van der Waals surface area contributed by atoms with Crippen molar-refractivity contribution in [3.8, 4) is 0 Å². The zero-order chi connectivity index (χ0) is 15.7. The summed E-state index contributed by atoms with van der Waals surface area (Å²) in [5, 5.41) is 0. The van der Waals surface area contributed by atoms with E-state index in [2.05, 4.69) is 32.3 Å². The number of hydrogen-bond acceptors (Lipinski definition) is 2. The van der Waals surface area contributed by atoms with Gasteiger partial charge in [-0.1, -0.05) is 52.4 Å². The molecule has 0 atom stereocenters. The molecule has 3 nitrogen and oxygen atoms in total. The standard InChI is InChI=1S/C18H35N3/c1-5-7-8-9-10-11-12-14-16-18(19)21(15(3)4)17(20-16)13-6-2/h15H,5-14,19H2,1-4H3. The Balaban J connectivity index is 2.46. The maximum absolute atomic E-state index is 6.32. The highest BCUT2D eigenvalue weighted by Gasteiger charge is 2.15. The summed E-state index contributed by atoms with van der Waals surface area (Å²) in [6, 6.07) is 0.404. The van der Waals surface area contributed by atoms with Crippen molar-refractivity contribution < 1.29 is 0 Å². The summed E-state index contributed by atoms with van der Waals surface area (Å²) in [5.74, 6) is 2.07. The number of hydrogen-bond donors (Lipinski definition) is 1. The highest BCUT2D eigenvalue weighted by atomic mass is 15.2. The Morgan fingerprint density at radius 1 is 0.905 bits per heavy atom. The minimum Gasteiger partial charge on any atom is -0.384 e. The molecule has 0 spiro atoms. The van der Waals surface area contributed by atoms with Crippen LogP contribution >= 0.6 is 0 Å². The van der Waals surface area contributed by atoms with Gasteiger partial charge in [-0.3, -0.25) is 0 Å². The third-order valence-corrected chi connectivity index (χ3v) is 4.10. The topological polar surface area (TPSA) is 43.8 Å². The average molecular weight is 293 g/mol. The molecule has 122 valence electrons. The summed E-state index contributed by atoms with van der Waals surface area (Å²) in [6.45, 7) is 8.84. The van der Waals surface area contributed by atoms with Gasteiger partial charge in [0.1, 0.15) is 11.6 Å². The van der Waals surface area contributed by atoms with E-state index in [1.807, 2.05) is 0 Å². The van der Waals surface area contributed by atoms with Gasteiger partial charge in [0.25, 0.3) is 0 Å². The van der Waals surface area contributed by atoms with E-state index in [0.717, 1.165) is 30.8 Å². The summed E-state index contributed by atoms with van der Waals surface area (Å²) < 4.78 is 2.22. The molecule has 1 rings (SSSR count). The van der Waals surface area contributed by atoms with Crippen LogP contribution < -0.4 is 5.73 Å². The number of rotatable bonds is 11. The van der Waals surface area contributed by atoms with Crippen LogP contribution in [0.5, 0.6) is 0 Å². The van der Waals surface area contributed by atoms with Gasteiger partial charge in [-0.05, 0) is 33.1 Å². The average Bonchev–Trinajstić information content (AvgIpc) is 2.74. The largest absolute Gasteiger partial charge is 0.384 e. The van der Waals surface area contributed by atoms with Crippen LogP contribution in [0.3, 0.4) is 0 Å². The van der Waals surface area contributed by atoms with Gasteiger partial charge in [0, 0.05) is 12.5 Å². The van der Waals surface area contributed by atoms with Gasteiger partial charge in [0.15, 0.2) is 0 Å². The van der Waals surface area contributed by atoms with Crippen LogP contribution in [0.15, 0.2) is 0 Å². The molecule has 0 aliphatic rings. The van der Waals surface area contributed by atoms with Crippen molar-refractivity contribution in [3.63, 3.8) is 0 Å². The molecule has 0 saturated heterocycles. The van der Waals surface area contributed by atoms with Crippen LogP contribution in [0, 0.1) is 0 Å². The minimum atomic E-state index is 0.404. The monoisotopic (exact) mass is 293 g/mol. The van der Waals surface area contributed by atoms with Crippen molar-refractivity contribution >= 4 is 5.82 Å². The van der Waals surface area contributed by atoms with E-state index in [-0.39, 0.29) is 0 Å². The summed E-state index contributed by atoms with van der Waals surface area (Å²) in [6.07, 6.45) is 12.5. The number of imidazole rings is 1. The lowest BCUT2D eigenvalue weighted by Gasteiger charge is -2.13. The van der Waals surface area contributed by atoms with E-state index in [1.165, 1.54) is 50.8 Å². The van der Waals surface area contributed by atoms with Gasteiger partial charge >= 0.3 is 0 Å². The molecule has 0 radical (unpaired) electrons. The second-order valence-electron chi connectivity index (χ2n) is 6.45. The van der Waals surface area contributed by atoms with Crippen LogP contribution in [-0.4, -0.2) is 9.55 Å². The molecule has 0 aromatic carbocycles. The molecule has 3 heteroatoms. The Morgan fingerprint density at radius 3 is 2.10 bits per heavy atom. The lowest BCUT2D eigenvalue weighted by Crippen LogP contribution is -2.09. The Bertz CT molecular complexity index is 393. The summed E-state index contributed by atoms with van der Waals surface area (Å²) in [4.78, 5) is 4.81. The molecule has 21 heavy (non-hydrogen) atoms. The molecule has 0 amide bonds. The van der Waals surface area contributed by atoms with Gasteiger partial charge in [0.2, 0.25) is 0 Å². The summed E-state index contributed by atoms with van der Waals surface area (Å²) >= 11 is 0. The maximum atomic E-state index is 6.32. The number of anilines is 1. The minimum absolute atomic E-state index is 0.404. The Labute approximate surface area is 131 Å². The third-order valence-electron chi connectivity index (χ3n) is 4.10. The van der Waals surface area contributed by atoms with E-state index < -0.39 is 0 Å². The number of aromatic nitrogens is 2. The van der Waals surface area contributed by atoms with Gasteiger partial charge in [-0.2, -0.15) is 0 Å². The first-order valence-electron chi connectivity index (χ1n) is 8.97. The van der Waals surface area contributed by atoms with Gasteiger partial charge in [-0.15, -0.1) is 0 Å². The lowest BCUT2D eigenvalue weighted by atomic mass is 10.1. The van der Waals surface area contributed by atoms with Crippen molar-refractivity contribution in [2.75, 3.05) is 5.73 Å². The summed E-state index contributed by atoms with van der Waals surface area (Å²) in [7, 11) is 0. The van der Waals surface area contributed by atoms with E-state index in [0.29, 0.717) is 6.04 Å². The Hall–Kier alpha value is -0.990. The molecule has 1 heterocycles. The van der Waals surface area contributed by atoms with E-state index >= 15 is 0 Å². The van der Waals surface area contributed by atoms with Crippen LogP contribution in [0.25, 0.3) is 0 Å². The van der Waals surface area contributed by atoms with E-state index in [9.17, 15) is 0 Å². The van der Waals surface area contributed by atoms with Crippen LogP contribution in [0.2, 0.25) is 0 Å². The molecule has 0 unspecified atom stereocenters. The number of unbranched alkanes of at least 4 members (excludes halogenated alkanes) is 6. The highest BCUT2D eigenvalue weighted by molar-refractivity contribution is 5.39. The Kier molecular flexibility index (Phi) is 8.48. The van der Waals surface area contributed by atoms with Crippen LogP contribution in [0.1, 0.15) is 96.6 Å². The third kappa shape index (κ3) is 5.72. The van der Waals surface area contributed by atoms with Crippen molar-refractivity contribution in [2.24, 2.45) is 0 Å². The zero-order valence-electron chi connectivity index (χ0n) is 14.6. The maximum Gasteiger partial charge on any atom is 0.127 e. The van der Waals surface area contributed by atoms with Crippen molar-refractivity contribution in [1.82, 2.24) is 9.55 Å². The molecule has 0 aliphatic carbocycles. The first kappa shape index (κ1) is 18.1. The summed E-state index contributed by atoms with van der Waals surface area (Å²) in [5.41, 5.74) is 7.44. The molecular formula is C18H35N3. The second-order valence-corrected chi connectivity index (χ2v) is 6.45. The smallest absolute Gasteiger partial charge is 0.127 e. The van der Waals surface area contributed by atoms with E-state index in [4.69, 9.17) is 10.7 Å². The Morgan fingerprint density at radius 2 is 1.52 bits per heavy atom. The predicted octanol–water partition coefficient (Wildman–Crippen LogP) is 5.29. The zero-order valence-corrected chi connectivity index (χ0v) is 14.6. The number of aryl methyl sites for hydroxylation is 2. The van der Waals surface area contributed by atoms with Gasteiger partial charge < -0.3 is 10.3 Å². The number of nitrogens with two attached hydrogens (primary N) is 1. The van der Waals surface area contributed by atoms with Gasteiger partial charge in [0.05, 0.1) is 5.69 Å². The molecule has 1 aromatic heterocycles. The molecule has 0 bridgehead atoms. The molecule has 0 saturated carbocycles. The second kappa shape index (κ2) is 9.86. The van der Waals surface area contributed by atoms with Crippen LogP contribution in [0.4, 0.5) is 5.82 Å². The highest BCUT2D eigenvalue weighted by Crippen LogP contribution is 2.23. The quantitative estimate of drug-likeness (QED) is 0.563. The van der Waals surface area contributed by atoms with Crippen molar-refractivity contribution in [1.29, 1.82) is 0 Å². The van der Waals surface area contributed by atoms with Crippen molar-refractivity contribution in [2.45, 2.75) is 97.9 Å². The fraction of sp³-hybridized carbons (Fsp3) is 0.833. The molecule has 1 aromatic rings. The fourth-order valence-electron chi connectivity index (χ4n) is 2.95. The van der Waals surface area contributed by atoms with Crippen molar-refractivity contribution in [3.05, 3.63) is 11.5 Å².